The summed E-state index contributed by atoms with van der Waals surface area (Å²) in [6.07, 6.45) is 2.01. The van der Waals surface area contributed by atoms with Crippen LogP contribution in [0.2, 0.25) is 0 Å². The second-order valence-corrected chi connectivity index (χ2v) is 13.7. The van der Waals surface area contributed by atoms with Crippen LogP contribution in [-0.2, 0) is 6.18 Å². The van der Waals surface area contributed by atoms with Crippen LogP contribution in [0.5, 0.6) is 0 Å². The number of hydrogen-bond donors (Lipinski definition) is 0. The first-order chi connectivity index (χ1) is 28.3. The van der Waals surface area contributed by atoms with Gasteiger partial charge in [-0.2, -0.15) is 23.7 Å². The highest BCUT2D eigenvalue weighted by molar-refractivity contribution is 6.12. The van der Waals surface area contributed by atoms with Gasteiger partial charge in [-0.1, -0.05) is 36.4 Å². The molecule has 8 nitrogen and oxygen atoms in total. The van der Waals surface area contributed by atoms with Crippen molar-refractivity contribution in [3.63, 3.8) is 0 Å². The predicted molar refractivity (Wildman–Crippen MR) is 217 cm³/mol. The zero-order valence-corrected chi connectivity index (χ0v) is 30.1. The minimum Gasteiger partial charge on any atom is -0.308 e. The molecule has 6 aromatic carbocycles. The number of nitrogens with zero attached hydrogens (tertiary/aromatic N) is 8. The van der Waals surface area contributed by atoms with Crippen molar-refractivity contribution in [2.75, 3.05) is 0 Å². The van der Waals surface area contributed by atoms with Gasteiger partial charge in [0.15, 0.2) is 11.6 Å². The molecule has 0 saturated carbocycles. The number of nitriles is 2. The molecular formula is C47H25F3N8. The Morgan fingerprint density at radius 1 is 0.448 bits per heavy atom. The fraction of sp³-hybridized carbons (Fsp3) is 0.0213. The van der Waals surface area contributed by atoms with Crippen LogP contribution < -0.4 is 0 Å². The monoisotopic (exact) mass is 758 g/mol. The maximum absolute atomic E-state index is 14.4. The van der Waals surface area contributed by atoms with Crippen molar-refractivity contribution in [1.29, 1.82) is 10.5 Å². The normalized spacial score (nSPS) is 11.7. The topological polar surface area (TPSA) is 109 Å². The molecule has 4 aromatic heterocycles. The average molecular weight is 759 g/mol. The standard InChI is InChI=1S/C47H25F3N8/c48-47(49,50)33-20-28(26-51)19-31(21-33)32-24-43(57-39-9-3-1-7-34(39)36-22-29(11-13-41(36)57)45-53-15-5-16-54-45)38(27-52)44(25-32)58-40-10-4-2-8-35(40)37-23-30(12-14-42(37)58)46-55-17-6-18-56-46/h1-25H. The number of hydrogen-bond acceptors (Lipinski definition) is 6. The molecule has 0 N–H and O–H groups in total. The van der Waals surface area contributed by atoms with E-state index in [0.29, 0.717) is 28.6 Å². The zero-order chi connectivity index (χ0) is 39.5. The van der Waals surface area contributed by atoms with Crippen molar-refractivity contribution in [1.82, 2.24) is 29.1 Å². The third-order valence-electron chi connectivity index (χ3n) is 10.4. The SMILES string of the molecule is N#Cc1cc(-c2cc(-n3c4ccccc4c4cc(-c5ncccn5)ccc43)c(C#N)c(-n3c4ccccc4c4cc(-c5ncccn5)ccc43)c2)cc(C(F)(F)F)c1. The van der Waals surface area contributed by atoms with Crippen LogP contribution in [0.4, 0.5) is 13.2 Å². The lowest BCUT2D eigenvalue weighted by molar-refractivity contribution is -0.137. The predicted octanol–water partition coefficient (Wildman–Crippen LogP) is 11.2. The van der Waals surface area contributed by atoms with E-state index in [1.807, 2.05) is 100 Å². The minimum absolute atomic E-state index is 0.141. The van der Waals surface area contributed by atoms with E-state index in [1.54, 1.807) is 49.1 Å². The van der Waals surface area contributed by atoms with E-state index in [4.69, 9.17) is 0 Å². The van der Waals surface area contributed by atoms with Crippen LogP contribution in [0.1, 0.15) is 16.7 Å². The van der Waals surface area contributed by atoms with Crippen molar-refractivity contribution in [3.8, 4) is 57.4 Å². The molecule has 0 fully saturated rings. The highest BCUT2D eigenvalue weighted by atomic mass is 19.4. The smallest absolute Gasteiger partial charge is 0.308 e. The third kappa shape index (κ3) is 5.53. The second kappa shape index (κ2) is 13.3. The summed E-state index contributed by atoms with van der Waals surface area (Å²) in [5, 5.41) is 24.7. The summed E-state index contributed by atoms with van der Waals surface area (Å²) < 4.78 is 47.0. The molecule has 11 heteroatoms. The summed E-state index contributed by atoms with van der Waals surface area (Å²) in [6.45, 7) is 0. The van der Waals surface area contributed by atoms with Gasteiger partial charge in [0, 0.05) is 57.5 Å². The summed E-state index contributed by atoms with van der Waals surface area (Å²) in [4.78, 5) is 17.8. The van der Waals surface area contributed by atoms with E-state index in [0.717, 1.165) is 66.9 Å². The molecule has 0 atom stereocenters. The van der Waals surface area contributed by atoms with Gasteiger partial charge in [-0.25, -0.2) is 19.9 Å². The van der Waals surface area contributed by atoms with E-state index in [2.05, 4.69) is 26.0 Å². The Labute approximate surface area is 328 Å². The third-order valence-corrected chi connectivity index (χ3v) is 10.4. The largest absolute Gasteiger partial charge is 0.416 e. The van der Waals surface area contributed by atoms with Crippen LogP contribution in [0.25, 0.3) is 88.9 Å². The Morgan fingerprint density at radius 3 is 1.38 bits per heavy atom. The minimum atomic E-state index is -4.71. The summed E-state index contributed by atoms with van der Waals surface area (Å²) in [5.41, 5.74) is 5.31. The molecule has 10 rings (SSSR count). The zero-order valence-electron chi connectivity index (χ0n) is 30.1. The van der Waals surface area contributed by atoms with Crippen LogP contribution in [-0.4, -0.2) is 29.1 Å². The number of halogens is 3. The summed E-state index contributed by atoms with van der Waals surface area (Å²) in [5.74, 6) is 1.10. The van der Waals surface area contributed by atoms with Crippen molar-refractivity contribution in [3.05, 3.63) is 169 Å². The van der Waals surface area contributed by atoms with E-state index in [1.165, 1.54) is 6.07 Å². The quantitative estimate of drug-likeness (QED) is 0.173. The Bertz CT molecular complexity index is 3180. The van der Waals surface area contributed by atoms with Gasteiger partial charge in [0.2, 0.25) is 0 Å². The summed E-state index contributed by atoms with van der Waals surface area (Å²) >= 11 is 0. The van der Waals surface area contributed by atoms with Gasteiger partial charge in [0.1, 0.15) is 11.6 Å². The van der Waals surface area contributed by atoms with Crippen molar-refractivity contribution in [2.45, 2.75) is 6.18 Å². The number of fused-ring (bicyclic) bond motifs is 6. The fourth-order valence-electron chi connectivity index (χ4n) is 7.91. The maximum Gasteiger partial charge on any atom is 0.416 e. The van der Waals surface area contributed by atoms with Gasteiger partial charge >= 0.3 is 6.18 Å². The lowest BCUT2D eigenvalue weighted by Gasteiger charge is -2.19. The molecule has 0 spiro atoms. The summed E-state index contributed by atoms with van der Waals surface area (Å²) in [7, 11) is 0. The van der Waals surface area contributed by atoms with E-state index in [9.17, 15) is 23.7 Å². The van der Waals surface area contributed by atoms with Gasteiger partial charge in [-0.05, 0) is 102 Å². The van der Waals surface area contributed by atoms with E-state index < -0.39 is 11.7 Å². The molecule has 274 valence electrons. The molecule has 0 aliphatic rings. The first kappa shape index (κ1) is 34.3. The molecule has 0 radical (unpaired) electrons. The molecular weight excluding hydrogens is 734 g/mol. The van der Waals surface area contributed by atoms with Gasteiger partial charge in [0.25, 0.3) is 0 Å². The number of rotatable bonds is 5. The number of aromatic nitrogens is 6. The first-order valence-electron chi connectivity index (χ1n) is 18.1. The van der Waals surface area contributed by atoms with Crippen LogP contribution in [0, 0.1) is 22.7 Å². The molecule has 0 saturated heterocycles. The van der Waals surface area contributed by atoms with E-state index >= 15 is 0 Å². The van der Waals surface area contributed by atoms with Gasteiger partial charge < -0.3 is 9.13 Å². The number of benzene rings is 6. The lowest BCUT2D eigenvalue weighted by atomic mass is 9.96. The molecule has 0 aliphatic heterocycles. The molecule has 0 unspecified atom stereocenters. The Morgan fingerprint density at radius 2 is 0.914 bits per heavy atom. The fourth-order valence-corrected chi connectivity index (χ4v) is 7.91. The Hall–Kier alpha value is -8.15. The van der Waals surface area contributed by atoms with Crippen molar-refractivity contribution in [2.24, 2.45) is 0 Å². The lowest BCUT2D eigenvalue weighted by Crippen LogP contribution is -2.07. The van der Waals surface area contributed by atoms with Gasteiger partial charge in [0.05, 0.1) is 50.6 Å². The molecule has 10 aromatic rings. The number of para-hydroxylation sites is 2. The first-order valence-corrected chi connectivity index (χ1v) is 18.1. The van der Waals surface area contributed by atoms with Crippen LogP contribution in [0.3, 0.4) is 0 Å². The second-order valence-electron chi connectivity index (χ2n) is 13.7. The number of alkyl halides is 3. The molecule has 4 heterocycles. The van der Waals surface area contributed by atoms with E-state index in [-0.39, 0.29) is 16.7 Å². The Balaban J connectivity index is 1.32. The molecule has 0 amide bonds. The maximum atomic E-state index is 14.4. The van der Waals surface area contributed by atoms with Crippen LogP contribution >= 0.6 is 0 Å². The summed E-state index contributed by atoms with van der Waals surface area (Å²) in [6, 6.07) is 42.0. The Kier molecular flexibility index (Phi) is 7.85. The van der Waals surface area contributed by atoms with Crippen LogP contribution in [0.15, 0.2) is 152 Å². The highest BCUT2D eigenvalue weighted by Crippen LogP contribution is 2.42. The highest BCUT2D eigenvalue weighted by Gasteiger charge is 2.32. The van der Waals surface area contributed by atoms with Crippen molar-refractivity contribution >= 4 is 43.6 Å². The molecule has 0 aliphatic carbocycles. The van der Waals surface area contributed by atoms with Gasteiger partial charge in [-0.3, -0.25) is 0 Å². The molecule has 58 heavy (non-hydrogen) atoms. The van der Waals surface area contributed by atoms with Gasteiger partial charge in [-0.15, -0.1) is 0 Å². The average Bonchev–Trinajstić information content (AvgIpc) is 3.78. The molecule has 0 bridgehead atoms. The van der Waals surface area contributed by atoms with Crippen molar-refractivity contribution < 1.29 is 13.2 Å².